The predicted octanol–water partition coefficient (Wildman–Crippen LogP) is 1.49. The van der Waals surface area contributed by atoms with Gasteiger partial charge in [-0.15, -0.1) is 0 Å². The summed E-state index contributed by atoms with van der Waals surface area (Å²) in [5.74, 6) is -1.05. The molecule has 1 heterocycles. The molecule has 2 rings (SSSR count). The Balaban J connectivity index is 1.83. The van der Waals surface area contributed by atoms with Crippen LogP contribution in [0.25, 0.3) is 0 Å². The second-order valence-electron chi connectivity index (χ2n) is 5.56. The van der Waals surface area contributed by atoms with E-state index in [9.17, 15) is 14.4 Å². The predicted molar refractivity (Wildman–Crippen MR) is 87.6 cm³/mol. The third-order valence-corrected chi connectivity index (χ3v) is 3.75. The third-order valence-electron chi connectivity index (χ3n) is 3.75. The van der Waals surface area contributed by atoms with Crippen LogP contribution in [-0.4, -0.2) is 44.1 Å². The molecule has 130 valence electrons. The molecule has 1 atom stereocenters. The number of hydrogen-bond acceptors (Lipinski definition) is 5. The number of hydrogen-bond donors (Lipinski definition) is 2. The van der Waals surface area contributed by atoms with Crippen molar-refractivity contribution >= 4 is 23.5 Å². The Bertz CT molecular complexity index is 596. The minimum absolute atomic E-state index is 0.113. The fourth-order valence-corrected chi connectivity index (χ4v) is 2.45. The molecule has 0 aromatic heterocycles. The van der Waals surface area contributed by atoms with Gasteiger partial charge in [-0.3, -0.25) is 14.4 Å². The van der Waals surface area contributed by atoms with E-state index in [0.29, 0.717) is 24.1 Å². The van der Waals surface area contributed by atoms with Crippen molar-refractivity contribution in [1.82, 2.24) is 5.32 Å². The SMILES string of the molecule is COC(=O)CNC(=O)c1cccc(NC(=O)CC[C@H]2CCCO2)c1. The minimum Gasteiger partial charge on any atom is -0.468 e. The van der Waals surface area contributed by atoms with Crippen molar-refractivity contribution < 1.29 is 23.9 Å². The molecule has 0 aliphatic carbocycles. The lowest BCUT2D eigenvalue weighted by Crippen LogP contribution is -2.30. The van der Waals surface area contributed by atoms with Gasteiger partial charge in [-0.25, -0.2) is 0 Å². The fraction of sp³-hybridized carbons (Fsp3) is 0.471. The standard InChI is InChI=1S/C17H22N2O5/c1-23-16(21)11-18-17(22)12-4-2-5-13(10-12)19-15(20)8-7-14-6-3-9-24-14/h2,4-5,10,14H,3,6-9,11H2,1H3,(H,18,22)(H,19,20)/t14-/m1/s1. The molecule has 2 amide bonds. The highest BCUT2D eigenvalue weighted by molar-refractivity contribution is 5.98. The fourth-order valence-electron chi connectivity index (χ4n) is 2.45. The zero-order chi connectivity index (χ0) is 17.4. The molecule has 0 unspecified atom stereocenters. The highest BCUT2D eigenvalue weighted by atomic mass is 16.5. The van der Waals surface area contributed by atoms with Crippen molar-refractivity contribution in [2.45, 2.75) is 31.8 Å². The quantitative estimate of drug-likeness (QED) is 0.737. The Morgan fingerprint density at radius 2 is 2.17 bits per heavy atom. The van der Waals surface area contributed by atoms with Crippen LogP contribution in [0.15, 0.2) is 24.3 Å². The first kappa shape index (κ1) is 17.9. The summed E-state index contributed by atoms with van der Waals surface area (Å²) in [5, 5.41) is 5.22. The molecular weight excluding hydrogens is 312 g/mol. The van der Waals surface area contributed by atoms with Crippen LogP contribution < -0.4 is 10.6 Å². The lowest BCUT2D eigenvalue weighted by Gasteiger charge is -2.10. The van der Waals surface area contributed by atoms with Gasteiger partial charge in [-0.05, 0) is 37.5 Å². The third kappa shape index (κ3) is 5.66. The van der Waals surface area contributed by atoms with Crippen molar-refractivity contribution in [3.8, 4) is 0 Å². The van der Waals surface area contributed by atoms with Gasteiger partial charge < -0.3 is 20.1 Å². The molecule has 1 aliphatic rings. The van der Waals surface area contributed by atoms with E-state index >= 15 is 0 Å². The average molecular weight is 334 g/mol. The van der Waals surface area contributed by atoms with Gasteiger partial charge in [-0.1, -0.05) is 6.07 Å². The van der Waals surface area contributed by atoms with Crippen molar-refractivity contribution in [1.29, 1.82) is 0 Å². The van der Waals surface area contributed by atoms with Crippen molar-refractivity contribution in [2.24, 2.45) is 0 Å². The molecule has 2 N–H and O–H groups in total. The van der Waals surface area contributed by atoms with Gasteiger partial charge in [-0.2, -0.15) is 0 Å². The first-order valence-corrected chi connectivity index (χ1v) is 7.95. The molecule has 7 heteroatoms. The van der Waals surface area contributed by atoms with E-state index < -0.39 is 11.9 Å². The smallest absolute Gasteiger partial charge is 0.325 e. The highest BCUT2D eigenvalue weighted by Crippen LogP contribution is 2.17. The number of methoxy groups -OCH3 is 1. The summed E-state index contributed by atoms with van der Waals surface area (Å²) in [6.07, 6.45) is 3.30. The Kier molecular flexibility index (Phi) is 6.74. The molecule has 0 radical (unpaired) electrons. The first-order chi connectivity index (χ1) is 11.6. The Labute approximate surface area is 140 Å². The van der Waals surface area contributed by atoms with Crippen LogP contribution in [0, 0.1) is 0 Å². The van der Waals surface area contributed by atoms with Gasteiger partial charge in [0.25, 0.3) is 5.91 Å². The summed E-state index contributed by atoms with van der Waals surface area (Å²) in [5.41, 5.74) is 0.897. The molecule has 24 heavy (non-hydrogen) atoms. The number of anilines is 1. The van der Waals surface area contributed by atoms with Gasteiger partial charge in [0.15, 0.2) is 0 Å². The Morgan fingerprint density at radius 3 is 2.88 bits per heavy atom. The summed E-state index contributed by atoms with van der Waals surface area (Å²) in [6.45, 7) is 0.572. The molecular formula is C17H22N2O5. The second kappa shape index (κ2) is 9.02. The van der Waals surface area contributed by atoms with Crippen LogP contribution in [0.4, 0.5) is 5.69 Å². The number of ether oxygens (including phenoxy) is 2. The second-order valence-corrected chi connectivity index (χ2v) is 5.56. The van der Waals surface area contributed by atoms with Crippen LogP contribution in [0.2, 0.25) is 0 Å². The number of esters is 1. The van der Waals surface area contributed by atoms with Gasteiger partial charge >= 0.3 is 5.97 Å². The van der Waals surface area contributed by atoms with Crippen molar-refractivity contribution in [3.05, 3.63) is 29.8 Å². The molecule has 0 bridgehead atoms. The summed E-state index contributed by atoms with van der Waals surface area (Å²) in [4.78, 5) is 35.0. The normalized spacial score (nSPS) is 16.5. The number of carbonyl (C=O) groups is 3. The molecule has 1 fully saturated rings. The van der Waals surface area contributed by atoms with Gasteiger partial charge in [0.1, 0.15) is 6.54 Å². The van der Waals surface area contributed by atoms with Gasteiger partial charge in [0.2, 0.25) is 5.91 Å². The zero-order valence-corrected chi connectivity index (χ0v) is 13.7. The Hall–Kier alpha value is -2.41. The van der Waals surface area contributed by atoms with Crippen LogP contribution in [0.3, 0.4) is 0 Å². The Morgan fingerprint density at radius 1 is 1.33 bits per heavy atom. The van der Waals surface area contributed by atoms with Crippen LogP contribution in [0.5, 0.6) is 0 Å². The maximum atomic E-state index is 12.0. The van der Waals surface area contributed by atoms with E-state index in [2.05, 4.69) is 15.4 Å². The number of benzene rings is 1. The monoisotopic (exact) mass is 334 g/mol. The summed E-state index contributed by atoms with van der Waals surface area (Å²) in [7, 11) is 1.25. The molecule has 7 nitrogen and oxygen atoms in total. The molecule has 1 aromatic carbocycles. The zero-order valence-electron chi connectivity index (χ0n) is 13.7. The van der Waals surface area contributed by atoms with Crippen LogP contribution in [-0.2, 0) is 19.1 Å². The van der Waals surface area contributed by atoms with E-state index in [1.54, 1.807) is 24.3 Å². The van der Waals surface area contributed by atoms with E-state index in [4.69, 9.17) is 4.74 Å². The average Bonchev–Trinajstić information content (AvgIpc) is 3.11. The highest BCUT2D eigenvalue weighted by Gasteiger charge is 2.17. The lowest BCUT2D eigenvalue weighted by atomic mass is 10.1. The maximum absolute atomic E-state index is 12.0. The maximum Gasteiger partial charge on any atom is 0.325 e. The topological polar surface area (TPSA) is 93.7 Å². The van der Waals surface area contributed by atoms with E-state index in [1.165, 1.54) is 7.11 Å². The van der Waals surface area contributed by atoms with Crippen molar-refractivity contribution in [3.63, 3.8) is 0 Å². The van der Waals surface area contributed by atoms with E-state index in [1.807, 2.05) is 0 Å². The van der Waals surface area contributed by atoms with Crippen LogP contribution in [0.1, 0.15) is 36.0 Å². The first-order valence-electron chi connectivity index (χ1n) is 7.95. The van der Waals surface area contributed by atoms with E-state index in [0.717, 1.165) is 19.4 Å². The molecule has 1 aliphatic heterocycles. The molecule has 0 saturated carbocycles. The molecule has 1 saturated heterocycles. The molecule has 1 aromatic rings. The van der Waals surface area contributed by atoms with Crippen LogP contribution >= 0.6 is 0 Å². The summed E-state index contributed by atoms with van der Waals surface area (Å²) in [6, 6.07) is 6.55. The van der Waals surface area contributed by atoms with Crippen molar-refractivity contribution in [2.75, 3.05) is 25.6 Å². The number of nitrogens with one attached hydrogen (secondary N) is 2. The summed E-state index contributed by atoms with van der Waals surface area (Å²) >= 11 is 0. The molecule has 0 spiro atoms. The number of rotatable bonds is 7. The minimum atomic E-state index is -0.526. The van der Waals surface area contributed by atoms with Gasteiger partial charge in [0, 0.05) is 24.3 Å². The van der Waals surface area contributed by atoms with Gasteiger partial charge in [0.05, 0.1) is 13.2 Å². The lowest BCUT2D eigenvalue weighted by molar-refractivity contribution is -0.139. The number of amides is 2. The summed E-state index contributed by atoms with van der Waals surface area (Å²) < 4.78 is 9.95. The number of carbonyl (C=O) groups excluding carboxylic acids is 3. The largest absolute Gasteiger partial charge is 0.468 e. The van der Waals surface area contributed by atoms with E-state index in [-0.39, 0.29) is 18.6 Å².